The number of benzene rings is 1. The number of aryl methyl sites for hydroxylation is 1. The van der Waals surface area contributed by atoms with Crippen LogP contribution in [0.4, 0.5) is 16.2 Å². The van der Waals surface area contributed by atoms with Gasteiger partial charge in [-0.2, -0.15) is 0 Å². The van der Waals surface area contributed by atoms with Crippen molar-refractivity contribution in [2.45, 2.75) is 64.8 Å². The highest BCUT2D eigenvalue weighted by Gasteiger charge is 2.32. The van der Waals surface area contributed by atoms with Crippen LogP contribution in [-0.2, 0) is 17.6 Å². The standard InChI is InChI=1S/C26H34N4O3/c1-17(2)20-8-5-6-11-24(20)30(19-12-14-29(15-13-19)18(3)31)26(32)28-23-16-27-22-10-7-9-21(22)25(23)33-4/h5-6,8,11,16-17,19H,7,9-10,12-15H2,1-4H3,(H,28,32). The summed E-state index contributed by atoms with van der Waals surface area (Å²) in [4.78, 5) is 34.0. The van der Waals surface area contributed by atoms with Crippen molar-refractivity contribution in [3.63, 3.8) is 0 Å². The first-order valence-corrected chi connectivity index (χ1v) is 11.9. The SMILES string of the molecule is COc1c(NC(=O)N(c2ccccc2C(C)C)C2CCN(C(C)=O)CC2)cnc2c1CCC2. The molecule has 0 radical (unpaired) electrons. The first-order valence-electron chi connectivity index (χ1n) is 11.9. The van der Waals surface area contributed by atoms with E-state index < -0.39 is 0 Å². The van der Waals surface area contributed by atoms with Crippen LogP contribution in [0.3, 0.4) is 0 Å². The fourth-order valence-electron chi connectivity index (χ4n) is 5.08. The second kappa shape index (κ2) is 9.81. The molecule has 176 valence electrons. The van der Waals surface area contributed by atoms with Gasteiger partial charge in [-0.05, 0) is 49.7 Å². The number of rotatable bonds is 5. The second-order valence-corrected chi connectivity index (χ2v) is 9.23. The molecule has 0 bridgehead atoms. The van der Waals surface area contributed by atoms with E-state index >= 15 is 0 Å². The van der Waals surface area contributed by atoms with E-state index in [0.29, 0.717) is 24.5 Å². The van der Waals surface area contributed by atoms with Gasteiger partial charge in [-0.25, -0.2) is 4.79 Å². The van der Waals surface area contributed by atoms with Gasteiger partial charge in [0.2, 0.25) is 5.91 Å². The number of para-hydroxylation sites is 1. The summed E-state index contributed by atoms with van der Waals surface area (Å²) in [5.74, 6) is 1.07. The minimum Gasteiger partial charge on any atom is -0.494 e. The van der Waals surface area contributed by atoms with Crippen molar-refractivity contribution in [2.75, 3.05) is 30.4 Å². The van der Waals surface area contributed by atoms with Crippen molar-refractivity contribution in [2.24, 2.45) is 0 Å². The number of amides is 3. The van der Waals surface area contributed by atoms with Crippen LogP contribution in [0.25, 0.3) is 0 Å². The number of methoxy groups -OCH3 is 1. The van der Waals surface area contributed by atoms with Gasteiger partial charge >= 0.3 is 6.03 Å². The number of nitrogens with zero attached hydrogens (tertiary/aromatic N) is 3. The number of carbonyl (C=O) groups is 2. The molecule has 3 amide bonds. The van der Waals surface area contributed by atoms with Crippen molar-refractivity contribution in [3.05, 3.63) is 47.3 Å². The lowest BCUT2D eigenvalue weighted by molar-refractivity contribution is -0.129. The van der Waals surface area contributed by atoms with Gasteiger partial charge in [0.25, 0.3) is 0 Å². The fraction of sp³-hybridized carbons (Fsp3) is 0.500. The van der Waals surface area contributed by atoms with Crippen LogP contribution < -0.4 is 15.0 Å². The number of pyridine rings is 1. The average molecular weight is 451 g/mol. The minimum absolute atomic E-state index is 0.00567. The number of piperidine rings is 1. The smallest absolute Gasteiger partial charge is 0.326 e. The molecule has 2 aliphatic rings. The Hall–Kier alpha value is -3.09. The van der Waals surface area contributed by atoms with Crippen molar-refractivity contribution in [3.8, 4) is 5.75 Å². The van der Waals surface area contributed by atoms with Crippen molar-refractivity contribution < 1.29 is 14.3 Å². The molecule has 0 spiro atoms. The summed E-state index contributed by atoms with van der Waals surface area (Å²) in [7, 11) is 1.65. The Kier molecular flexibility index (Phi) is 6.86. The topological polar surface area (TPSA) is 74.8 Å². The summed E-state index contributed by atoms with van der Waals surface area (Å²) in [5, 5.41) is 3.11. The van der Waals surface area contributed by atoms with E-state index in [1.165, 1.54) is 0 Å². The number of fused-ring (bicyclic) bond motifs is 1. The average Bonchev–Trinajstić information content (AvgIpc) is 3.28. The monoisotopic (exact) mass is 450 g/mol. The Morgan fingerprint density at radius 1 is 1.18 bits per heavy atom. The molecular weight excluding hydrogens is 416 g/mol. The lowest BCUT2D eigenvalue weighted by atomic mass is 9.97. The molecule has 4 rings (SSSR count). The fourth-order valence-corrected chi connectivity index (χ4v) is 5.08. The van der Waals surface area contributed by atoms with Crippen LogP contribution in [0.2, 0.25) is 0 Å². The second-order valence-electron chi connectivity index (χ2n) is 9.23. The molecule has 7 heteroatoms. The predicted octanol–water partition coefficient (Wildman–Crippen LogP) is 4.75. The maximum Gasteiger partial charge on any atom is 0.326 e. The first-order chi connectivity index (χ1) is 15.9. The van der Waals surface area contributed by atoms with Crippen LogP contribution >= 0.6 is 0 Å². The third kappa shape index (κ3) is 4.68. The van der Waals surface area contributed by atoms with Gasteiger partial charge in [-0.3, -0.25) is 14.7 Å². The number of aromatic nitrogens is 1. The van der Waals surface area contributed by atoms with E-state index in [9.17, 15) is 9.59 Å². The van der Waals surface area contributed by atoms with E-state index in [4.69, 9.17) is 4.74 Å². The van der Waals surface area contributed by atoms with Crippen molar-refractivity contribution in [1.29, 1.82) is 0 Å². The molecule has 7 nitrogen and oxygen atoms in total. The van der Waals surface area contributed by atoms with Crippen LogP contribution in [0.5, 0.6) is 5.75 Å². The number of ether oxygens (including phenoxy) is 1. The molecular formula is C26H34N4O3. The molecule has 33 heavy (non-hydrogen) atoms. The Morgan fingerprint density at radius 3 is 2.58 bits per heavy atom. The van der Waals surface area contributed by atoms with Gasteiger partial charge in [0, 0.05) is 43.0 Å². The zero-order valence-corrected chi connectivity index (χ0v) is 20.1. The summed E-state index contributed by atoms with van der Waals surface area (Å²) >= 11 is 0. The molecule has 0 saturated carbocycles. The number of hydrogen-bond acceptors (Lipinski definition) is 4. The van der Waals surface area contributed by atoms with E-state index in [2.05, 4.69) is 30.2 Å². The Bertz CT molecular complexity index is 1030. The number of likely N-dealkylation sites (tertiary alicyclic amines) is 1. The molecule has 1 aromatic carbocycles. The van der Waals surface area contributed by atoms with E-state index in [-0.39, 0.29) is 23.9 Å². The number of urea groups is 1. The Balaban J connectivity index is 1.67. The highest BCUT2D eigenvalue weighted by molar-refractivity contribution is 6.03. The lowest BCUT2D eigenvalue weighted by Gasteiger charge is -2.39. The molecule has 1 N–H and O–H groups in total. The van der Waals surface area contributed by atoms with Gasteiger partial charge in [-0.15, -0.1) is 0 Å². The summed E-state index contributed by atoms with van der Waals surface area (Å²) in [6.07, 6.45) is 6.10. The molecule has 0 unspecified atom stereocenters. The molecule has 2 heterocycles. The molecule has 2 aromatic rings. The summed E-state index contributed by atoms with van der Waals surface area (Å²) in [6.45, 7) is 7.18. The molecule has 0 atom stereocenters. The highest BCUT2D eigenvalue weighted by Crippen LogP contribution is 2.37. The number of carbonyl (C=O) groups excluding carboxylic acids is 2. The lowest BCUT2D eigenvalue weighted by Crippen LogP contribution is -2.50. The van der Waals surface area contributed by atoms with Crippen molar-refractivity contribution in [1.82, 2.24) is 9.88 Å². The molecule has 1 saturated heterocycles. The Labute approximate surface area is 196 Å². The van der Waals surface area contributed by atoms with Gasteiger partial charge in [0.1, 0.15) is 11.4 Å². The van der Waals surface area contributed by atoms with Gasteiger partial charge in [-0.1, -0.05) is 32.0 Å². The molecule has 1 aromatic heterocycles. The predicted molar refractivity (Wildman–Crippen MR) is 130 cm³/mol. The summed E-state index contributed by atoms with van der Waals surface area (Å²) < 4.78 is 5.70. The normalized spacial score (nSPS) is 16.0. The van der Waals surface area contributed by atoms with Crippen LogP contribution in [0.15, 0.2) is 30.5 Å². The maximum absolute atomic E-state index is 13.8. The van der Waals surface area contributed by atoms with Gasteiger partial charge in [0.05, 0.1) is 13.3 Å². The van der Waals surface area contributed by atoms with Gasteiger partial charge in [0.15, 0.2) is 0 Å². The largest absolute Gasteiger partial charge is 0.494 e. The van der Waals surface area contributed by atoms with Gasteiger partial charge < -0.3 is 15.0 Å². The summed E-state index contributed by atoms with van der Waals surface area (Å²) in [6, 6.07) is 7.90. The third-order valence-corrected chi connectivity index (χ3v) is 6.81. The Morgan fingerprint density at radius 2 is 1.91 bits per heavy atom. The van der Waals surface area contributed by atoms with Crippen molar-refractivity contribution >= 4 is 23.3 Å². The van der Waals surface area contributed by atoms with Crippen LogP contribution in [0.1, 0.15) is 62.8 Å². The van der Waals surface area contributed by atoms with Crippen LogP contribution in [-0.4, -0.2) is 48.1 Å². The first kappa shape index (κ1) is 23.1. The molecule has 1 aliphatic heterocycles. The highest BCUT2D eigenvalue weighted by atomic mass is 16.5. The van der Waals surface area contributed by atoms with E-state index in [0.717, 1.165) is 54.6 Å². The van der Waals surface area contributed by atoms with E-state index in [1.54, 1.807) is 20.2 Å². The zero-order chi connectivity index (χ0) is 23.5. The minimum atomic E-state index is -0.192. The van der Waals surface area contributed by atoms with E-state index in [1.807, 2.05) is 28.0 Å². The summed E-state index contributed by atoms with van der Waals surface area (Å²) in [5.41, 5.74) is 4.80. The van der Waals surface area contributed by atoms with Crippen LogP contribution in [0, 0.1) is 0 Å². The molecule has 1 fully saturated rings. The number of nitrogens with one attached hydrogen (secondary N) is 1. The quantitative estimate of drug-likeness (QED) is 0.713. The third-order valence-electron chi connectivity index (χ3n) is 6.81. The molecule has 1 aliphatic carbocycles. The number of hydrogen-bond donors (Lipinski definition) is 1. The zero-order valence-electron chi connectivity index (χ0n) is 20.1. The number of anilines is 2. The maximum atomic E-state index is 13.8.